The molecule has 0 saturated heterocycles. The predicted molar refractivity (Wildman–Crippen MR) is 64.3 cm³/mol. The van der Waals surface area contributed by atoms with Crippen LogP contribution >= 0.6 is 22.9 Å². The van der Waals surface area contributed by atoms with Crippen LogP contribution in [0.25, 0.3) is 0 Å². The van der Waals surface area contributed by atoms with Gasteiger partial charge in [0.2, 0.25) is 0 Å². The molecule has 0 spiro atoms. The molecule has 2 aromatic rings. The average molecular weight is 308 g/mol. The molecule has 9 heteroatoms. The van der Waals surface area contributed by atoms with E-state index in [4.69, 9.17) is 11.6 Å². The molecule has 19 heavy (non-hydrogen) atoms. The van der Waals surface area contributed by atoms with Gasteiger partial charge in [-0.1, -0.05) is 11.6 Å². The molecule has 1 amide bonds. The number of hydrogen-bond donors (Lipinski definition) is 1. The largest absolute Gasteiger partial charge is 0.434 e. The normalized spacial score (nSPS) is 11.4. The van der Waals surface area contributed by atoms with Gasteiger partial charge in [-0.25, -0.2) is 9.97 Å². The fourth-order valence-electron chi connectivity index (χ4n) is 1.17. The highest BCUT2D eigenvalue weighted by atomic mass is 35.5. The molecule has 0 radical (unpaired) electrons. The lowest BCUT2D eigenvalue weighted by Crippen LogP contribution is -2.12. The van der Waals surface area contributed by atoms with Gasteiger partial charge in [-0.2, -0.15) is 13.2 Å². The van der Waals surface area contributed by atoms with Gasteiger partial charge in [-0.05, 0) is 12.1 Å². The summed E-state index contributed by atoms with van der Waals surface area (Å²) in [5.74, 6) is -0.604. The first-order chi connectivity index (χ1) is 8.86. The topological polar surface area (TPSA) is 54.9 Å². The van der Waals surface area contributed by atoms with Crippen LogP contribution < -0.4 is 5.32 Å². The molecule has 1 N–H and O–H groups in total. The SMILES string of the molecule is O=C(Nc1nc(C(F)(F)F)cs1)c1ccnc(Cl)c1. The summed E-state index contributed by atoms with van der Waals surface area (Å²) < 4.78 is 37.0. The van der Waals surface area contributed by atoms with E-state index in [1.54, 1.807) is 0 Å². The number of rotatable bonds is 2. The highest BCUT2D eigenvalue weighted by Crippen LogP contribution is 2.31. The van der Waals surface area contributed by atoms with Crippen LogP contribution in [-0.2, 0) is 6.18 Å². The molecule has 0 aliphatic rings. The minimum absolute atomic E-state index is 0.114. The second kappa shape index (κ2) is 5.14. The minimum Gasteiger partial charge on any atom is -0.298 e. The highest BCUT2D eigenvalue weighted by Gasteiger charge is 2.33. The van der Waals surface area contributed by atoms with Crippen molar-refractivity contribution in [3.63, 3.8) is 0 Å². The van der Waals surface area contributed by atoms with Crippen molar-refractivity contribution >= 4 is 34.0 Å². The van der Waals surface area contributed by atoms with E-state index in [9.17, 15) is 18.0 Å². The molecule has 2 rings (SSSR count). The maximum atomic E-state index is 12.3. The molecule has 0 bridgehead atoms. The number of alkyl halides is 3. The Balaban J connectivity index is 2.13. The number of anilines is 1. The van der Waals surface area contributed by atoms with Gasteiger partial charge in [0.05, 0.1) is 0 Å². The first kappa shape index (κ1) is 13.8. The fraction of sp³-hybridized carbons (Fsp3) is 0.100. The molecule has 0 atom stereocenters. The van der Waals surface area contributed by atoms with E-state index in [0.717, 1.165) is 5.38 Å². The molecule has 0 aromatic carbocycles. The van der Waals surface area contributed by atoms with E-state index in [1.807, 2.05) is 0 Å². The van der Waals surface area contributed by atoms with Gasteiger partial charge in [0, 0.05) is 17.1 Å². The number of pyridine rings is 1. The van der Waals surface area contributed by atoms with Crippen molar-refractivity contribution in [1.29, 1.82) is 0 Å². The van der Waals surface area contributed by atoms with Crippen molar-refractivity contribution in [2.45, 2.75) is 6.18 Å². The number of nitrogens with zero attached hydrogens (tertiary/aromatic N) is 2. The molecule has 2 heterocycles. The smallest absolute Gasteiger partial charge is 0.298 e. The van der Waals surface area contributed by atoms with E-state index < -0.39 is 17.8 Å². The van der Waals surface area contributed by atoms with Crippen molar-refractivity contribution in [3.8, 4) is 0 Å². The molecule has 0 fully saturated rings. The summed E-state index contributed by atoms with van der Waals surface area (Å²) in [6, 6.07) is 2.69. The Labute approximate surface area is 114 Å². The average Bonchev–Trinajstić information content (AvgIpc) is 2.77. The number of hydrogen-bond acceptors (Lipinski definition) is 4. The predicted octanol–water partition coefficient (Wildman–Crippen LogP) is 3.46. The number of nitrogens with one attached hydrogen (secondary N) is 1. The Kier molecular flexibility index (Phi) is 3.72. The molecule has 2 aromatic heterocycles. The first-order valence-electron chi connectivity index (χ1n) is 4.82. The van der Waals surface area contributed by atoms with E-state index in [1.165, 1.54) is 18.3 Å². The van der Waals surface area contributed by atoms with Gasteiger partial charge in [0.15, 0.2) is 10.8 Å². The number of amides is 1. The maximum absolute atomic E-state index is 12.3. The van der Waals surface area contributed by atoms with Crippen LogP contribution in [0.1, 0.15) is 16.1 Å². The summed E-state index contributed by atoms with van der Waals surface area (Å²) >= 11 is 6.29. The summed E-state index contributed by atoms with van der Waals surface area (Å²) in [6.45, 7) is 0. The second-order valence-electron chi connectivity index (χ2n) is 3.36. The summed E-state index contributed by atoms with van der Waals surface area (Å²) in [4.78, 5) is 18.7. The summed E-state index contributed by atoms with van der Waals surface area (Å²) in [5, 5.41) is 3.07. The minimum atomic E-state index is -4.53. The molecule has 0 aliphatic heterocycles. The standard InChI is InChI=1S/C10H5ClF3N3OS/c11-7-3-5(1-2-15-7)8(18)17-9-16-6(4-19-9)10(12,13)14/h1-4H,(H,16,17,18). The van der Waals surface area contributed by atoms with E-state index >= 15 is 0 Å². The summed E-state index contributed by atoms with van der Waals surface area (Å²) in [5.41, 5.74) is -0.857. The van der Waals surface area contributed by atoms with Crippen molar-refractivity contribution in [2.75, 3.05) is 5.32 Å². The van der Waals surface area contributed by atoms with E-state index in [0.29, 0.717) is 11.3 Å². The molecular weight excluding hydrogens is 303 g/mol. The Morgan fingerprint density at radius 3 is 2.74 bits per heavy atom. The third kappa shape index (κ3) is 3.42. The van der Waals surface area contributed by atoms with E-state index in [2.05, 4.69) is 15.3 Å². The lowest BCUT2D eigenvalue weighted by Gasteiger charge is -2.02. The van der Waals surface area contributed by atoms with Crippen LogP contribution in [0, 0.1) is 0 Å². The van der Waals surface area contributed by atoms with Crippen LogP contribution in [0.3, 0.4) is 0 Å². The van der Waals surface area contributed by atoms with Crippen molar-refractivity contribution < 1.29 is 18.0 Å². The van der Waals surface area contributed by atoms with Crippen LogP contribution in [0.4, 0.5) is 18.3 Å². The van der Waals surface area contributed by atoms with Crippen LogP contribution in [0.2, 0.25) is 5.15 Å². The third-order valence-electron chi connectivity index (χ3n) is 2.00. The zero-order chi connectivity index (χ0) is 14.0. The first-order valence-corrected chi connectivity index (χ1v) is 6.07. The second-order valence-corrected chi connectivity index (χ2v) is 4.60. The fourth-order valence-corrected chi connectivity index (χ4v) is 2.06. The molecule has 0 unspecified atom stereocenters. The zero-order valence-corrected chi connectivity index (χ0v) is 10.6. The van der Waals surface area contributed by atoms with Crippen molar-refractivity contribution in [1.82, 2.24) is 9.97 Å². The molecule has 100 valence electrons. The molecular formula is C10H5ClF3N3OS. The van der Waals surface area contributed by atoms with Crippen molar-refractivity contribution in [3.05, 3.63) is 40.1 Å². The third-order valence-corrected chi connectivity index (χ3v) is 2.97. The lowest BCUT2D eigenvalue weighted by molar-refractivity contribution is -0.140. The monoisotopic (exact) mass is 307 g/mol. The number of carbonyl (C=O) groups excluding carboxylic acids is 1. The van der Waals surface area contributed by atoms with Gasteiger partial charge in [-0.3, -0.25) is 10.1 Å². The van der Waals surface area contributed by atoms with Gasteiger partial charge >= 0.3 is 6.18 Å². The van der Waals surface area contributed by atoms with Crippen molar-refractivity contribution in [2.24, 2.45) is 0 Å². The Morgan fingerprint density at radius 1 is 1.42 bits per heavy atom. The van der Waals surface area contributed by atoms with E-state index in [-0.39, 0.29) is 15.8 Å². The number of aromatic nitrogens is 2. The number of halogens is 4. The van der Waals surface area contributed by atoms with Crippen LogP contribution in [0.5, 0.6) is 0 Å². The quantitative estimate of drug-likeness (QED) is 0.864. The maximum Gasteiger partial charge on any atom is 0.434 e. The summed E-state index contributed by atoms with van der Waals surface area (Å²) in [7, 11) is 0. The summed E-state index contributed by atoms with van der Waals surface area (Å²) in [6.07, 6.45) is -3.21. The Hall–Kier alpha value is -1.67. The van der Waals surface area contributed by atoms with Gasteiger partial charge in [-0.15, -0.1) is 11.3 Å². The number of carbonyl (C=O) groups is 1. The highest BCUT2D eigenvalue weighted by molar-refractivity contribution is 7.14. The van der Waals surface area contributed by atoms with Gasteiger partial charge in [0.1, 0.15) is 5.15 Å². The van der Waals surface area contributed by atoms with Gasteiger partial charge < -0.3 is 0 Å². The Morgan fingerprint density at radius 2 is 2.16 bits per heavy atom. The van der Waals surface area contributed by atoms with Gasteiger partial charge in [0.25, 0.3) is 5.91 Å². The molecule has 0 aliphatic carbocycles. The molecule has 4 nitrogen and oxygen atoms in total. The zero-order valence-electron chi connectivity index (χ0n) is 9.03. The lowest BCUT2D eigenvalue weighted by atomic mass is 10.2. The molecule has 0 saturated carbocycles. The Bertz CT molecular complexity index is 614. The number of thiazole rings is 1. The van der Waals surface area contributed by atoms with Crippen LogP contribution in [0.15, 0.2) is 23.7 Å². The van der Waals surface area contributed by atoms with Crippen LogP contribution in [-0.4, -0.2) is 15.9 Å².